The molecule has 0 atom stereocenters. The fourth-order valence-corrected chi connectivity index (χ4v) is 2.12. The van der Waals surface area contributed by atoms with Gasteiger partial charge in [-0.3, -0.25) is 9.89 Å². The quantitative estimate of drug-likeness (QED) is 0.819. The number of hydrogen-bond acceptors (Lipinski definition) is 5. The van der Waals surface area contributed by atoms with Crippen LogP contribution in [0.3, 0.4) is 0 Å². The van der Waals surface area contributed by atoms with Crippen LogP contribution >= 0.6 is 0 Å². The molecule has 1 amide bonds. The standard InChI is InChI=1S/C15H21BN4O3/c1-10(21)18-9-12(6-11-8-19-20-13(11)7-17)16-22-14(2,3)15(4,5)23-16/h6,8H,9H2,1-5H3,(H,18,21)(H,19,20). The van der Waals surface area contributed by atoms with E-state index in [1.54, 1.807) is 12.3 Å². The predicted octanol–water partition coefficient (Wildman–Crippen LogP) is 1.43. The van der Waals surface area contributed by atoms with E-state index < -0.39 is 18.3 Å². The topological polar surface area (TPSA) is 100 Å². The van der Waals surface area contributed by atoms with Gasteiger partial charge in [-0.2, -0.15) is 10.4 Å². The molecule has 0 saturated carbocycles. The molecule has 2 rings (SSSR count). The van der Waals surface area contributed by atoms with Gasteiger partial charge in [0.2, 0.25) is 5.91 Å². The second kappa shape index (κ2) is 6.18. The van der Waals surface area contributed by atoms with Gasteiger partial charge in [-0.15, -0.1) is 0 Å². The summed E-state index contributed by atoms with van der Waals surface area (Å²) in [7, 11) is -0.603. The second-order valence-corrected chi connectivity index (χ2v) is 6.53. The second-order valence-electron chi connectivity index (χ2n) is 6.53. The van der Waals surface area contributed by atoms with Crippen molar-refractivity contribution in [1.29, 1.82) is 5.26 Å². The number of nitriles is 1. The number of aromatic amines is 1. The number of carbonyl (C=O) groups excluding carboxylic acids is 1. The van der Waals surface area contributed by atoms with Crippen LogP contribution in [-0.4, -0.2) is 41.0 Å². The lowest BCUT2D eigenvalue weighted by Crippen LogP contribution is -2.41. The van der Waals surface area contributed by atoms with E-state index in [0.29, 0.717) is 11.3 Å². The molecule has 0 unspecified atom stereocenters. The smallest absolute Gasteiger partial charge is 0.400 e. The highest BCUT2D eigenvalue weighted by molar-refractivity contribution is 6.56. The van der Waals surface area contributed by atoms with Crippen molar-refractivity contribution in [1.82, 2.24) is 15.5 Å². The molecule has 0 radical (unpaired) electrons. The first-order valence-electron chi connectivity index (χ1n) is 7.40. The molecular formula is C15H21BN4O3. The van der Waals surface area contributed by atoms with Gasteiger partial charge in [0.25, 0.3) is 0 Å². The summed E-state index contributed by atoms with van der Waals surface area (Å²) < 4.78 is 12.1. The molecule has 0 spiro atoms. The first-order valence-corrected chi connectivity index (χ1v) is 7.40. The van der Waals surface area contributed by atoms with Gasteiger partial charge in [0.1, 0.15) is 11.8 Å². The van der Waals surface area contributed by atoms with Crippen LogP contribution in [0.1, 0.15) is 45.9 Å². The normalized spacial score (nSPS) is 19.5. The van der Waals surface area contributed by atoms with Crippen LogP contribution < -0.4 is 5.32 Å². The van der Waals surface area contributed by atoms with Crippen molar-refractivity contribution in [2.24, 2.45) is 0 Å². The molecule has 1 fully saturated rings. The van der Waals surface area contributed by atoms with E-state index in [1.807, 2.05) is 33.8 Å². The van der Waals surface area contributed by atoms with Crippen LogP contribution in [0.25, 0.3) is 6.08 Å². The molecule has 8 heteroatoms. The first-order chi connectivity index (χ1) is 10.7. The maximum atomic E-state index is 11.3. The average molecular weight is 316 g/mol. The van der Waals surface area contributed by atoms with E-state index in [9.17, 15) is 4.79 Å². The van der Waals surface area contributed by atoms with Crippen LogP contribution in [-0.2, 0) is 14.1 Å². The Labute approximate surface area is 136 Å². The summed E-state index contributed by atoms with van der Waals surface area (Å²) in [4.78, 5) is 11.3. The van der Waals surface area contributed by atoms with E-state index in [4.69, 9.17) is 14.6 Å². The van der Waals surface area contributed by atoms with Gasteiger partial charge in [0.05, 0.1) is 17.4 Å². The molecule has 1 aromatic rings. The van der Waals surface area contributed by atoms with Crippen molar-refractivity contribution >= 4 is 19.1 Å². The van der Waals surface area contributed by atoms with E-state index in [0.717, 1.165) is 5.47 Å². The Kier molecular flexibility index (Phi) is 4.64. The third-order valence-corrected chi connectivity index (χ3v) is 4.22. The Hall–Kier alpha value is -2.11. The minimum atomic E-state index is -0.603. The van der Waals surface area contributed by atoms with Crippen molar-refractivity contribution < 1.29 is 14.1 Å². The summed E-state index contributed by atoms with van der Waals surface area (Å²) in [5.41, 5.74) is 0.726. The van der Waals surface area contributed by atoms with E-state index >= 15 is 0 Å². The third-order valence-electron chi connectivity index (χ3n) is 4.22. The third kappa shape index (κ3) is 3.63. The lowest BCUT2D eigenvalue weighted by molar-refractivity contribution is -0.118. The lowest BCUT2D eigenvalue weighted by Gasteiger charge is -2.32. The first kappa shape index (κ1) is 17.3. The van der Waals surface area contributed by atoms with E-state index in [1.165, 1.54) is 6.92 Å². The molecule has 2 N–H and O–H groups in total. The molecule has 0 aliphatic carbocycles. The van der Waals surface area contributed by atoms with Gasteiger partial charge in [0, 0.05) is 19.0 Å². The van der Waals surface area contributed by atoms with Crippen molar-refractivity contribution in [2.45, 2.75) is 45.8 Å². The fourth-order valence-electron chi connectivity index (χ4n) is 2.12. The number of aromatic nitrogens is 2. The summed E-state index contributed by atoms with van der Waals surface area (Å²) in [5, 5.41) is 18.3. The molecule has 0 aromatic carbocycles. The van der Waals surface area contributed by atoms with Crippen molar-refractivity contribution in [3.05, 3.63) is 22.9 Å². The number of H-pyrrole nitrogens is 1. The summed E-state index contributed by atoms with van der Waals surface area (Å²) in [5.74, 6) is -0.153. The Morgan fingerprint density at radius 1 is 1.43 bits per heavy atom. The zero-order chi connectivity index (χ0) is 17.3. The minimum Gasteiger partial charge on any atom is -0.400 e. The Morgan fingerprint density at radius 2 is 2.04 bits per heavy atom. The van der Waals surface area contributed by atoms with Crippen LogP contribution in [0.5, 0.6) is 0 Å². The zero-order valence-corrected chi connectivity index (χ0v) is 14.1. The monoisotopic (exact) mass is 316 g/mol. The predicted molar refractivity (Wildman–Crippen MR) is 86.0 cm³/mol. The van der Waals surface area contributed by atoms with Crippen molar-refractivity contribution in [3.63, 3.8) is 0 Å². The highest BCUT2D eigenvalue weighted by Crippen LogP contribution is 2.38. The van der Waals surface area contributed by atoms with Gasteiger partial charge in [-0.1, -0.05) is 6.08 Å². The molecule has 1 aliphatic heterocycles. The summed E-state index contributed by atoms with van der Waals surface area (Å²) in [6.45, 7) is 9.55. The van der Waals surface area contributed by atoms with Gasteiger partial charge in [-0.25, -0.2) is 0 Å². The summed E-state index contributed by atoms with van der Waals surface area (Å²) in [6.07, 6.45) is 3.32. The summed E-state index contributed by atoms with van der Waals surface area (Å²) >= 11 is 0. The van der Waals surface area contributed by atoms with Crippen LogP contribution in [0.15, 0.2) is 11.7 Å². The maximum absolute atomic E-state index is 11.3. The van der Waals surface area contributed by atoms with Crippen LogP contribution in [0, 0.1) is 11.3 Å². The van der Waals surface area contributed by atoms with Crippen molar-refractivity contribution in [2.75, 3.05) is 6.54 Å². The number of hydrogen-bond donors (Lipinski definition) is 2. The Bertz CT molecular complexity index is 657. The highest BCUT2D eigenvalue weighted by atomic mass is 16.7. The average Bonchev–Trinajstić information content (AvgIpc) is 2.96. The zero-order valence-electron chi connectivity index (χ0n) is 14.1. The van der Waals surface area contributed by atoms with Gasteiger partial charge in [-0.05, 0) is 33.2 Å². The molecule has 23 heavy (non-hydrogen) atoms. The Balaban J connectivity index is 2.33. The molecule has 1 aromatic heterocycles. The molecule has 2 heterocycles. The summed E-state index contributed by atoms with van der Waals surface area (Å²) in [6, 6.07) is 2.04. The van der Waals surface area contributed by atoms with Crippen LogP contribution in [0.2, 0.25) is 0 Å². The van der Waals surface area contributed by atoms with Crippen molar-refractivity contribution in [3.8, 4) is 6.07 Å². The number of carbonyl (C=O) groups is 1. The largest absolute Gasteiger partial charge is 0.492 e. The van der Waals surface area contributed by atoms with Gasteiger partial charge < -0.3 is 14.6 Å². The highest BCUT2D eigenvalue weighted by Gasteiger charge is 2.52. The Morgan fingerprint density at radius 3 is 2.57 bits per heavy atom. The van der Waals surface area contributed by atoms with Gasteiger partial charge in [0.15, 0.2) is 0 Å². The minimum absolute atomic E-state index is 0.153. The molecule has 1 aliphatic rings. The maximum Gasteiger partial charge on any atom is 0.492 e. The molecule has 0 bridgehead atoms. The van der Waals surface area contributed by atoms with Gasteiger partial charge >= 0.3 is 7.12 Å². The number of nitrogens with one attached hydrogen (secondary N) is 2. The molecular weight excluding hydrogens is 295 g/mol. The lowest BCUT2D eigenvalue weighted by atomic mass is 9.77. The van der Waals surface area contributed by atoms with E-state index in [-0.39, 0.29) is 12.5 Å². The molecule has 7 nitrogen and oxygen atoms in total. The molecule has 122 valence electrons. The number of nitrogens with zero attached hydrogens (tertiary/aromatic N) is 2. The van der Waals surface area contributed by atoms with Crippen LogP contribution in [0.4, 0.5) is 0 Å². The fraction of sp³-hybridized carbons (Fsp3) is 0.533. The SMILES string of the molecule is CC(=O)NCC(=Cc1cn[nH]c1C#N)B1OC(C)(C)C(C)(C)O1. The number of amides is 1. The number of rotatable bonds is 4. The molecule has 1 saturated heterocycles. The van der Waals surface area contributed by atoms with E-state index in [2.05, 4.69) is 15.5 Å².